The summed E-state index contributed by atoms with van der Waals surface area (Å²) in [5.41, 5.74) is 4.62. The van der Waals surface area contributed by atoms with Gasteiger partial charge in [0.25, 0.3) is 5.91 Å². The maximum atomic E-state index is 12.9. The lowest BCUT2D eigenvalue weighted by atomic mass is 10.1. The Hall–Kier alpha value is -4.00. The summed E-state index contributed by atoms with van der Waals surface area (Å²) in [6.07, 6.45) is -1.00. The molecule has 0 spiro atoms. The number of anilines is 3. The number of carbonyl (C=O) groups is 2. The third-order valence-electron chi connectivity index (χ3n) is 5.48. The number of benzene rings is 3. The molecule has 1 heterocycles. The quantitative estimate of drug-likeness (QED) is 0.518. The maximum Gasteiger partial charge on any atom is 0.341 e. The fraction of sp³-hybridized carbons (Fsp3) is 0.231. The molecule has 0 saturated heterocycles. The summed E-state index contributed by atoms with van der Waals surface area (Å²) < 4.78 is 16.5. The van der Waals surface area contributed by atoms with Gasteiger partial charge in [-0.1, -0.05) is 24.3 Å². The minimum absolute atomic E-state index is 0.345. The first-order valence-corrected chi connectivity index (χ1v) is 10.8. The molecule has 7 nitrogen and oxygen atoms in total. The zero-order valence-corrected chi connectivity index (χ0v) is 18.8. The summed E-state index contributed by atoms with van der Waals surface area (Å²) in [6, 6.07) is 18.1. The molecule has 0 aromatic heterocycles. The summed E-state index contributed by atoms with van der Waals surface area (Å²) in [5.74, 6) is 0.162. The average molecular weight is 447 g/mol. The Balaban J connectivity index is 1.43. The van der Waals surface area contributed by atoms with Crippen LogP contribution < -0.4 is 20.1 Å². The van der Waals surface area contributed by atoms with Gasteiger partial charge >= 0.3 is 5.97 Å². The Bertz CT molecular complexity index is 1190. The van der Waals surface area contributed by atoms with E-state index in [-0.39, 0.29) is 0 Å². The van der Waals surface area contributed by atoms with Crippen molar-refractivity contribution < 1.29 is 23.8 Å². The molecule has 0 fully saturated rings. The molecule has 1 atom stereocenters. The molecule has 170 valence electrons. The predicted octanol–water partition coefficient (Wildman–Crippen LogP) is 5.00. The van der Waals surface area contributed by atoms with Crippen molar-refractivity contribution in [2.45, 2.75) is 26.9 Å². The summed E-state index contributed by atoms with van der Waals surface area (Å²) in [7, 11) is 0. The SMILES string of the molecule is Cc1cccc(Nc2ccccc2C(=O)OC(C)C(=O)Nc2ccc3c(c2)OCCO3)c1C. The van der Waals surface area contributed by atoms with Gasteiger partial charge in [-0.05, 0) is 62.2 Å². The van der Waals surface area contributed by atoms with Crippen LogP contribution in [0.4, 0.5) is 17.1 Å². The summed E-state index contributed by atoms with van der Waals surface area (Å²) in [4.78, 5) is 25.5. The molecule has 3 aromatic carbocycles. The Morgan fingerprint density at radius 1 is 0.909 bits per heavy atom. The number of hydrogen-bond acceptors (Lipinski definition) is 6. The molecule has 1 aliphatic heterocycles. The number of rotatable bonds is 6. The molecule has 0 radical (unpaired) electrons. The molecule has 1 unspecified atom stereocenters. The Morgan fingerprint density at radius 3 is 2.45 bits per heavy atom. The van der Waals surface area contributed by atoms with Crippen molar-refractivity contribution in [3.8, 4) is 11.5 Å². The van der Waals surface area contributed by atoms with Gasteiger partial charge in [0.1, 0.15) is 13.2 Å². The first kappa shape index (κ1) is 22.2. The van der Waals surface area contributed by atoms with E-state index in [0.29, 0.717) is 41.7 Å². The highest BCUT2D eigenvalue weighted by molar-refractivity contribution is 6.00. The zero-order chi connectivity index (χ0) is 23.4. The minimum Gasteiger partial charge on any atom is -0.486 e. The highest BCUT2D eigenvalue weighted by atomic mass is 16.6. The second kappa shape index (κ2) is 9.65. The molecule has 0 aliphatic carbocycles. The van der Waals surface area contributed by atoms with Gasteiger partial charge < -0.3 is 24.8 Å². The minimum atomic E-state index is -1.00. The molecular formula is C26H26N2O5. The van der Waals surface area contributed by atoms with Crippen LogP contribution in [0.3, 0.4) is 0 Å². The Morgan fingerprint density at radius 2 is 1.64 bits per heavy atom. The van der Waals surface area contributed by atoms with Crippen molar-refractivity contribution in [2.24, 2.45) is 0 Å². The average Bonchev–Trinajstić information content (AvgIpc) is 2.82. The largest absolute Gasteiger partial charge is 0.486 e. The van der Waals surface area contributed by atoms with Crippen LogP contribution >= 0.6 is 0 Å². The second-order valence-electron chi connectivity index (χ2n) is 7.81. The van der Waals surface area contributed by atoms with Crippen LogP contribution in [-0.4, -0.2) is 31.2 Å². The van der Waals surface area contributed by atoms with E-state index < -0.39 is 18.0 Å². The molecule has 0 bridgehead atoms. The zero-order valence-electron chi connectivity index (χ0n) is 18.8. The van der Waals surface area contributed by atoms with Crippen LogP contribution in [-0.2, 0) is 9.53 Å². The molecule has 33 heavy (non-hydrogen) atoms. The molecule has 1 aliphatic rings. The highest BCUT2D eigenvalue weighted by Gasteiger charge is 2.22. The predicted molar refractivity (Wildman–Crippen MR) is 127 cm³/mol. The fourth-order valence-electron chi connectivity index (χ4n) is 3.44. The van der Waals surface area contributed by atoms with E-state index in [4.69, 9.17) is 14.2 Å². The molecule has 7 heteroatoms. The van der Waals surface area contributed by atoms with Crippen LogP contribution in [0, 0.1) is 13.8 Å². The summed E-state index contributed by atoms with van der Waals surface area (Å²) in [6.45, 7) is 6.52. The van der Waals surface area contributed by atoms with E-state index in [1.54, 1.807) is 36.4 Å². The Labute approximate surface area is 192 Å². The molecule has 1 amide bonds. The smallest absolute Gasteiger partial charge is 0.341 e. The van der Waals surface area contributed by atoms with Gasteiger partial charge in [-0.3, -0.25) is 4.79 Å². The molecule has 0 saturated carbocycles. The standard InChI is InChI=1S/C26H26N2O5/c1-16-7-6-10-21(17(16)2)28-22-9-5-4-8-20(22)26(30)33-18(3)25(29)27-19-11-12-23-24(15-19)32-14-13-31-23/h4-12,15,18,28H,13-14H2,1-3H3,(H,27,29). The number of para-hydroxylation sites is 1. The van der Waals surface area contributed by atoms with E-state index in [9.17, 15) is 9.59 Å². The van der Waals surface area contributed by atoms with Crippen LogP contribution in [0.25, 0.3) is 0 Å². The lowest BCUT2D eigenvalue weighted by Gasteiger charge is -2.20. The van der Waals surface area contributed by atoms with E-state index in [1.807, 2.05) is 38.1 Å². The fourth-order valence-corrected chi connectivity index (χ4v) is 3.44. The summed E-state index contributed by atoms with van der Waals surface area (Å²) in [5, 5.41) is 6.06. The van der Waals surface area contributed by atoms with Gasteiger partial charge in [0, 0.05) is 17.4 Å². The number of hydrogen-bond donors (Lipinski definition) is 2. The van der Waals surface area contributed by atoms with Crippen LogP contribution in [0.5, 0.6) is 11.5 Å². The number of aryl methyl sites for hydroxylation is 1. The molecular weight excluding hydrogens is 420 g/mol. The summed E-state index contributed by atoms with van der Waals surface area (Å²) >= 11 is 0. The van der Waals surface area contributed by atoms with Gasteiger partial charge in [-0.2, -0.15) is 0 Å². The lowest BCUT2D eigenvalue weighted by Crippen LogP contribution is -2.30. The van der Waals surface area contributed by atoms with Crippen molar-refractivity contribution >= 4 is 28.9 Å². The first-order valence-electron chi connectivity index (χ1n) is 10.8. The molecule has 4 rings (SSSR count). The highest BCUT2D eigenvalue weighted by Crippen LogP contribution is 2.32. The normalized spacial score (nSPS) is 13.1. The van der Waals surface area contributed by atoms with Gasteiger partial charge in [0.15, 0.2) is 17.6 Å². The number of fused-ring (bicyclic) bond motifs is 1. The maximum absolute atomic E-state index is 12.9. The van der Waals surface area contributed by atoms with E-state index in [1.165, 1.54) is 6.92 Å². The van der Waals surface area contributed by atoms with Crippen molar-refractivity contribution in [2.75, 3.05) is 23.8 Å². The lowest BCUT2D eigenvalue weighted by molar-refractivity contribution is -0.123. The third-order valence-corrected chi connectivity index (χ3v) is 5.48. The van der Waals surface area contributed by atoms with Gasteiger partial charge in [-0.25, -0.2) is 4.79 Å². The van der Waals surface area contributed by atoms with Crippen molar-refractivity contribution in [1.29, 1.82) is 0 Å². The first-order chi connectivity index (χ1) is 15.9. The number of esters is 1. The molecule has 2 N–H and O–H groups in total. The number of ether oxygens (including phenoxy) is 3. The van der Waals surface area contributed by atoms with Crippen LogP contribution in [0.2, 0.25) is 0 Å². The van der Waals surface area contributed by atoms with Gasteiger partial charge in [0.2, 0.25) is 0 Å². The van der Waals surface area contributed by atoms with Gasteiger partial charge in [0.05, 0.1) is 11.3 Å². The van der Waals surface area contributed by atoms with Crippen LogP contribution in [0.1, 0.15) is 28.4 Å². The number of amides is 1. The van der Waals surface area contributed by atoms with Crippen molar-refractivity contribution in [3.63, 3.8) is 0 Å². The van der Waals surface area contributed by atoms with E-state index in [0.717, 1.165) is 16.8 Å². The topological polar surface area (TPSA) is 85.9 Å². The van der Waals surface area contributed by atoms with E-state index in [2.05, 4.69) is 10.6 Å². The van der Waals surface area contributed by atoms with Crippen molar-refractivity contribution in [1.82, 2.24) is 0 Å². The number of nitrogens with one attached hydrogen (secondary N) is 2. The second-order valence-corrected chi connectivity index (χ2v) is 7.81. The van der Waals surface area contributed by atoms with Gasteiger partial charge in [-0.15, -0.1) is 0 Å². The van der Waals surface area contributed by atoms with Crippen molar-refractivity contribution in [3.05, 3.63) is 77.4 Å². The Kier molecular flexibility index (Phi) is 6.49. The monoisotopic (exact) mass is 446 g/mol. The molecule has 3 aromatic rings. The van der Waals surface area contributed by atoms with Crippen LogP contribution in [0.15, 0.2) is 60.7 Å². The third kappa shape index (κ3) is 5.09. The number of carbonyl (C=O) groups excluding carboxylic acids is 2. The van der Waals surface area contributed by atoms with E-state index >= 15 is 0 Å².